The van der Waals surface area contributed by atoms with E-state index in [1.54, 1.807) is 0 Å². The Kier molecular flexibility index (Phi) is 2.22. The molecule has 2 aliphatic rings. The summed E-state index contributed by atoms with van der Waals surface area (Å²) in [5.41, 5.74) is 2.23. The number of hydrogen-bond acceptors (Lipinski definition) is 4. The highest BCUT2D eigenvalue weighted by molar-refractivity contribution is 9.10. The van der Waals surface area contributed by atoms with Crippen molar-refractivity contribution >= 4 is 26.9 Å². The van der Waals surface area contributed by atoms with Crippen molar-refractivity contribution < 1.29 is 14.7 Å². The van der Waals surface area contributed by atoms with Gasteiger partial charge in [0.1, 0.15) is 0 Å². The Labute approximate surface area is 133 Å². The van der Waals surface area contributed by atoms with Gasteiger partial charge in [0, 0.05) is 27.4 Å². The van der Waals surface area contributed by atoms with E-state index in [0.29, 0.717) is 11.4 Å². The van der Waals surface area contributed by atoms with Gasteiger partial charge in [-0.25, -0.2) is 4.57 Å². The summed E-state index contributed by atoms with van der Waals surface area (Å²) in [5.74, 6) is 0.884. The number of allylic oxidation sites excluding steroid dienone is 2. The molecule has 2 aliphatic carbocycles. The van der Waals surface area contributed by atoms with E-state index in [1.807, 2.05) is 18.2 Å². The van der Waals surface area contributed by atoms with Gasteiger partial charge < -0.3 is 14.7 Å². The minimum atomic E-state index is 0.0578. The number of aromatic nitrogens is 2. The predicted molar refractivity (Wildman–Crippen MR) is 83.6 cm³/mol. The van der Waals surface area contributed by atoms with Crippen LogP contribution in [0.1, 0.15) is 29.4 Å². The molecule has 22 heavy (non-hydrogen) atoms. The van der Waals surface area contributed by atoms with Crippen molar-refractivity contribution in [2.75, 3.05) is 0 Å². The molecule has 0 radical (unpaired) electrons. The van der Waals surface area contributed by atoms with Gasteiger partial charge in [-0.1, -0.05) is 33.2 Å². The second-order valence-corrected chi connectivity index (χ2v) is 6.71. The first-order chi connectivity index (χ1) is 10.6. The molecule has 0 amide bonds. The average Bonchev–Trinajstić information content (AvgIpc) is 3.23. The van der Waals surface area contributed by atoms with E-state index in [-0.39, 0.29) is 23.6 Å². The third-order valence-corrected chi connectivity index (χ3v) is 5.14. The number of fused-ring (bicyclic) bond motifs is 6. The summed E-state index contributed by atoms with van der Waals surface area (Å²) in [6.07, 6.45) is 5.11. The summed E-state index contributed by atoms with van der Waals surface area (Å²) in [7, 11) is 0. The number of aromatic hydroxyl groups is 2. The highest BCUT2D eigenvalue weighted by atomic mass is 79.9. The van der Waals surface area contributed by atoms with E-state index < -0.39 is 0 Å². The Bertz CT molecular complexity index is 934. The highest BCUT2D eigenvalue weighted by Crippen LogP contribution is 2.57. The Morgan fingerprint density at radius 2 is 1.82 bits per heavy atom. The lowest BCUT2D eigenvalue weighted by Gasteiger charge is -2.06. The van der Waals surface area contributed by atoms with E-state index in [0.717, 1.165) is 27.4 Å². The maximum atomic E-state index is 10.6. The molecule has 2 aromatic heterocycles. The SMILES string of the molecule is Oc1c2c(c(O)n1-c1noc3cc(Br)ccc13)[C@H]1C=C[C@@H]2C1. The summed E-state index contributed by atoms with van der Waals surface area (Å²) in [6, 6.07) is 5.53. The Morgan fingerprint density at radius 1 is 1.14 bits per heavy atom. The second kappa shape index (κ2) is 3.95. The standard InChI is InChI=1S/C16H11BrN2O3/c17-9-3-4-10-11(6-9)22-18-14(10)19-15(20)12-7-1-2-8(5-7)13(12)16(19)21/h1-4,6-8,20-21H,5H2/t7-,8+. The normalized spacial score (nSPS) is 21.9. The Morgan fingerprint density at radius 3 is 2.50 bits per heavy atom. The summed E-state index contributed by atoms with van der Waals surface area (Å²) in [6.45, 7) is 0. The van der Waals surface area contributed by atoms with Crippen LogP contribution < -0.4 is 0 Å². The fourth-order valence-electron chi connectivity index (χ4n) is 3.70. The van der Waals surface area contributed by atoms with Crippen molar-refractivity contribution in [1.82, 2.24) is 9.72 Å². The third kappa shape index (κ3) is 1.36. The van der Waals surface area contributed by atoms with Crippen LogP contribution in [0, 0.1) is 0 Å². The van der Waals surface area contributed by atoms with E-state index in [2.05, 4.69) is 33.2 Å². The van der Waals surface area contributed by atoms with Crippen molar-refractivity contribution in [2.45, 2.75) is 18.3 Å². The van der Waals surface area contributed by atoms with Crippen molar-refractivity contribution in [3.8, 4) is 17.6 Å². The number of halogens is 1. The van der Waals surface area contributed by atoms with Crippen molar-refractivity contribution in [2.24, 2.45) is 0 Å². The lowest BCUT2D eigenvalue weighted by atomic mass is 10.0. The van der Waals surface area contributed by atoms with Crippen LogP contribution in [0.5, 0.6) is 11.8 Å². The fraction of sp³-hybridized carbons (Fsp3) is 0.188. The van der Waals surface area contributed by atoms with Crippen LogP contribution in [-0.4, -0.2) is 19.9 Å². The van der Waals surface area contributed by atoms with Crippen LogP contribution in [0.2, 0.25) is 0 Å². The Balaban J connectivity index is 1.80. The first-order valence-corrected chi connectivity index (χ1v) is 7.84. The lowest BCUT2D eigenvalue weighted by molar-refractivity contribution is 0.384. The molecule has 3 aromatic rings. The molecular weight excluding hydrogens is 348 g/mol. The smallest absolute Gasteiger partial charge is 0.204 e. The van der Waals surface area contributed by atoms with Gasteiger partial charge in [-0.15, -0.1) is 0 Å². The Hall–Kier alpha value is -2.21. The van der Waals surface area contributed by atoms with Gasteiger partial charge in [-0.05, 0) is 24.6 Å². The molecule has 5 rings (SSSR count). The molecule has 0 fully saturated rings. The first-order valence-electron chi connectivity index (χ1n) is 7.05. The number of hydrogen-bond donors (Lipinski definition) is 2. The molecule has 5 nitrogen and oxygen atoms in total. The summed E-state index contributed by atoms with van der Waals surface area (Å²) >= 11 is 3.39. The van der Waals surface area contributed by atoms with Crippen LogP contribution in [0.25, 0.3) is 16.8 Å². The number of rotatable bonds is 1. The molecule has 2 atom stereocenters. The first kappa shape index (κ1) is 12.3. The van der Waals surface area contributed by atoms with Gasteiger partial charge in [0.25, 0.3) is 0 Å². The zero-order chi connectivity index (χ0) is 15.0. The maximum absolute atomic E-state index is 10.6. The second-order valence-electron chi connectivity index (χ2n) is 5.79. The van der Waals surface area contributed by atoms with E-state index in [1.165, 1.54) is 4.57 Å². The molecule has 2 N–H and O–H groups in total. The molecule has 0 aliphatic heterocycles. The molecule has 6 heteroatoms. The molecule has 110 valence electrons. The average molecular weight is 359 g/mol. The van der Waals surface area contributed by atoms with Gasteiger partial charge in [0.15, 0.2) is 11.4 Å². The lowest BCUT2D eigenvalue weighted by Crippen LogP contribution is -1.96. The van der Waals surface area contributed by atoms with Gasteiger partial charge in [0.05, 0.1) is 5.39 Å². The summed E-state index contributed by atoms with van der Waals surface area (Å²) in [4.78, 5) is 0. The van der Waals surface area contributed by atoms with E-state index >= 15 is 0 Å². The molecule has 2 heterocycles. The fourth-order valence-corrected chi connectivity index (χ4v) is 4.04. The van der Waals surface area contributed by atoms with Crippen LogP contribution >= 0.6 is 15.9 Å². The molecular formula is C16H11BrN2O3. The molecule has 0 saturated heterocycles. The van der Waals surface area contributed by atoms with Crippen LogP contribution in [0.4, 0.5) is 0 Å². The molecule has 0 unspecified atom stereocenters. The quantitative estimate of drug-likeness (QED) is 0.646. The molecule has 0 spiro atoms. The van der Waals surface area contributed by atoms with Gasteiger partial charge in [0.2, 0.25) is 11.8 Å². The predicted octanol–water partition coefficient (Wildman–Crippen LogP) is 3.93. The van der Waals surface area contributed by atoms with Gasteiger partial charge in [-0.2, -0.15) is 0 Å². The number of benzene rings is 1. The highest BCUT2D eigenvalue weighted by Gasteiger charge is 2.41. The van der Waals surface area contributed by atoms with Crippen molar-refractivity contribution in [3.05, 3.63) is 46.0 Å². The van der Waals surface area contributed by atoms with Crippen LogP contribution in [0.15, 0.2) is 39.3 Å². The van der Waals surface area contributed by atoms with Crippen molar-refractivity contribution in [1.29, 1.82) is 0 Å². The topological polar surface area (TPSA) is 71.4 Å². The zero-order valence-electron chi connectivity index (χ0n) is 11.3. The third-order valence-electron chi connectivity index (χ3n) is 4.65. The summed E-state index contributed by atoms with van der Waals surface area (Å²) in [5, 5.41) is 26.0. The minimum absolute atomic E-state index is 0.0578. The number of nitrogens with zero attached hydrogens (tertiary/aromatic N) is 2. The molecule has 1 aromatic carbocycles. The monoisotopic (exact) mass is 358 g/mol. The van der Waals surface area contributed by atoms with Crippen molar-refractivity contribution in [3.63, 3.8) is 0 Å². The van der Waals surface area contributed by atoms with Gasteiger partial charge >= 0.3 is 0 Å². The summed E-state index contributed by atoms with van der Waals surface area (Å²) < 4.78 is 7.59. The van der Waals surface area contributed by atoms with E-state index in [4.69, 9.17) is 4.52 Å². The minimum Gasteiger partial charge on any atom is -0.494 e. The van der Waals surface area contributed by atoms with Crippen LogP contribution in [0.3, 0.4) is 0 Å². The zero-order valence-corrected chi connectivity index (χ0v) is 12.9. The largest absolute Gasteiger partial charge is 0.494 e. The van der Waals surface area contributed by atoms with Gasteiger partial charge in [-0.3, -0.25) is 0 Å². The molecule has 0 saturated carbocycles. The van der Waals surface area contributed by atoms with E-state index in [9.17, 15) is 10.2 Å². The van der Waals surface area contributed by atoms with Crippen LogP contribution in [-0.2, 0) is 0 Å². The maximum Gasteiger partial charge on any atom is 0.204 e. The molecule has 2 bridgehead atoms.